The maximum atomic E-state index is 13.6. The first-order valence-electron chi connectivity index (χ1n) is 19.5. The van der Waals surface area contributed by atoms with Gasteiger partial charge in [-0.1, -0.05) is 52.0 Å². The van der Waals surface area contributed by atoms with Gasteiger partial charge < -0.3 is 40.1 Å². The molecule has 5 rings (SSSR count). The van der Waals surface area contributed by atoms with E-state index in [4.69, 9.17) is 19.4 Å². The van der Waals surface area contributed by atoms with Crippen LogP contribution in [0.15, 0.2) is 36.7 Å². The number of aliphatic hydroxyl groups is 1. The monoisotopic (exact) mass is 748 g/mol. The highest BCUT2D eigenvalue weighted by atomic mass is 16.5. The van der Waals surface area contributed by atoms with Crippen LogP contribution in [0.1, 0.15) is 99.6 Å². The van der Waals surface area contributed by atoms with Gasteiger partial charge in [0.2, 0.25) is 5.91 Å². The van der Waals surface area contributed by atoms with Crippen LogP contribution in [0.4, 0.5) is 9.59 Å². The van der Waals surface area contributed by atoms with Gasteiger partial charge in [-0.25, -0.2) is 19.6 Å². The second-order valence-corrected chi connectivity index (χ2v) is 15.4. The smallest absolute Gasteiger partial charge is 0.406 e. The number of benzene rings is 1. The summed E-state index contributed by atoms with van der Waals surface area (Å²) in [6.45, 7) is 10.1. The molecule has 14 heteroatoms. The molecular weight excluding hydrogens is 688 g/mol. The minimum atomic E-state index is -0.711. The molecule has 0 radical (unpaired) electrons. The maximum absolute atomic E-state index is 13.6. The van der Waals surface area contributed by atoms with Crippen molar-refractivity contribution in [2.75, 3.05) is 40.4 Å². The van der Waals surface area contributed by atoms with Crippen molar-refractivity contribution >= 4 is 18.1 Å². The van der Waals surface area contributed by atoms with Gasteiger partial charge in [0, 0.05) is 55.9 Å². The first-order valence-corrected chi connectivity index (χ1v) is 19.5. The predicted octanol–water partition coefficient (Wildman–Crippen LogP) is 5.08. The van der Waals surface area contributed by atoms with Crippen molar-refractivity contribution < 1.29 is 29.0 Å². The molecule has 2 aromatic heterocycles. The van der Waals surface area contributed by atoms with Gasteiger partial charge in [-0.05, 0) is 74.3 Å². The number of hydrogen-bond acceptors (Lipinski definition) is 9. The number of nitrogens with one attached hydrogen (secondary N) is 4. The summed E-state index contributed by atoms with van der Waals surface area (Å²) >= 11 is 0. The van der Waals surface area contributed by atoms with Gasteiger partial charge in [-0.15, -0.1) is 0 Å². The summed E-state index contributed by atoms with van der Waals surface area (Å²) in [7, 11) is 2.66. The summed E-state index contributed by atoms with van der Waals surface area (Å²) in [5.41, 5.74) is 4.61. The highest BCUT2D eigenvalue weighted by Gasteiger charge is 2.38. The van der Waals surface area contributed by atoms with Crippen LogP contribution >= 0.6 is 0 Å². The van der Waals surface area contributed by atoms with Crippen molar-refractivity contribution in [3.05, 3.63) is 70.8 Å². The Balaban J connectivity index is 1.10. The largest absolute Gasteiger partial charge is 0.453 e. The Morgan fingerprint density at radius 3 is 1.83 bits per heavy atom. The molecular formula is C40H60N8O6. The molecule has 54 heavy (non-hydrogen) atoms. The maximum Gasteiger partial charge on any atom is 0.406 e. The number of amides is 3. The molecule has 2 fully saturated rings. The third-order valence-corrected chi connectivity index (χ3v) is 11.2. The van der Waals surface area contributed by atoms with E-state index < -0.39 is 18.4 Å². The van der Waals surface area contributed by atoms with Crippen molar-refractivity contribution in [1.29, 1.82) is 0 Å². The number of nitrogens with zero attached hydrogens (tertiary/aromatic N) is 4. The van der Waals surface area contributed by atoms with Gasteiger partial charge in [0.05, 0.1) is 32.2 Å². The van der Waals surface area contributed by atoms with Crippen molar-refractivity contribution in [1.82, 2.24) is 40.4 Å². The van der Waals surface area contributed by atoms with Gasteiger partial charge in [0.15, 0.2) is 0 Å². The summed E-state index contributed by atoms with van der Waals surface area (Å²) in [6, 6.07) is 8.66. The second-order valence-electron chi connectivity index (χ2n) is 15.4. The van der Waals surface area contributed by atoms with E-state index in [1.165, 1.54) is 25.3 Å². The lowest BCUT2D eigenvalue weighted by Crippen LogP contribution is -2.47. The van der Waals surface area contributed by atoms with Gasteiger partial charge in [-0.2, -0.15) is 0 Å². The fourth-order valence-corrected chi connectivity index (χ4v) is 7.78. The Hall–Kier alpha value is -4.43. The number of hydrogen-bond donors (Lipinski definition) is 5. The Morgan fingerprint density at radius 2 is 1.30 bits per heavy atom. The van der Waals surface area contributed by atoms with Crippen LogP contribution in [0.2, 0.25) is 0 Å². The number of aryl methyl sites for hydroxylation is 4. The number of carbonyl (C=O) groups excluding carboxylic acids is 3. The molecule has 5 N–H and O–H groups in total. The van der Waals surface area contributed by atoms with Crippen LogP contribution in [-0.4, -0.2) is 99.6 Å². The lowest BCUT2D eigenvalue weighted by Gasteiger charge is -2.35. The van der Waals surface area contributed by atoms with E-state index >= 15 is 0 Å². The topological polar surface area (TPSA) is 178 Å². The number of alkyl carbamates (subject to hydrolysis) is 2. The molecule has 0 spiro atoms. The molecule has 4 heterocycles. The molecule has 0 bridgehead atoms. The minimum Gasteiger partial charge on any atom is -0.453 e. The number of imidazole rings is 2. The molecule has 5 atom stereocenters. The molecule has 3 aromatic rings. The van der Waals surface area contributed by atoms with Crippen LogP contribution in [0, 0.1) is 23.7 Å². The van der Waals surface area contributed by atoms with E-state index in [1.807, 2.05) is 31.1 Å². The van der Waals surface area contributed by atoms with Crippen LogP contribution in [0.25, 0.3) is 0 Å². The Morgan fingerprint density at radius 1 is 0.778 bits per heavy atom. The molecule has 2 aliphatic rings. The van der Waals surface area contributed by atoms with Crippen LogP contribution in [0.5, 0.6) is 0 Å². The van der Waals surface area contributed by atoms with Crippen LogP contribution in [0.3, 0.4) is 0 Å². The van der Waals surface area contributed by atoms with Crippen molar-refractivity contribution in [2.45, 2.75) is 97.4 Å². The zero-order valence-electron chi connectivity index (χ0n) is 32.8. The highest BCUT2D eigenvalue weighted by molar-refractivity contribution is 5.80. The summed E-state index contributed by atoms with van der Waals surface area (Å²) in [5, 5.41) is 16.8. The van der Waals surface area contributed by atoms with Crippen molar-refractivity contribution in [3.63, 3.8) is 0 Å². The Bertz CT molecular complexity index is 1660. The Kier molecular flexibility index (Phi) is 14.5. The lowest BCUT2D eigenvalue weighted by molar-refractivity contribution is -0.137. The number of aromatic amines is 2. The van der Waals surface area contributed by atoms with Crippen molar-refractivity contribution in [2.24, 2.45) is 23.7 Å². The molecule has 1 aromatic carbocycles. The van der Waals surface area contributed by atoms with Gasteiger partial charge in [0.1, 0.15) is 17.9 Å². The molecule has 1 unspecified atom stereocenters. The molecule has 3 amide bonds. The van der Waals surface area contributed by atoms with Gasteiger partial charge in [0.25, 0.3) is 0 Å². The zero-order chi connectivity index (χ0) is 38.8. The summed E-state index contributed by atoms with van der Waals surface area (Å²) in [5.74, 6) is 1.48. The molecule has 2 aliphatic heterocycles. The summed E-state index contributed by atoms with van der Waals surface area (Å²) in [6.07, 6.45) is 9.11. The predicted molar refractivity (Wildman–Crippen MR) is 204 cm³/mol. The van der Waals surface area contributed by atoms with E-state index in [2.05, 4.69) is 63.6 Å². The SMILES string of the molecule is COC(=O)NC[C@@H](C(C)C)C(O)N1CCC[C@H]1c1ncc(CCc2ccc(CCc3cnc([C@@H]4CCCN4C(=O)[C@@H](CNC(=O)OC)C(C)C)[nH]3)cc2)[nH]1. The number of likely N-dealkylation sites (tertiary alicyclic amines) is 2. The van der Waals surface area contributed by atoms with E-state index in [9.17, 15) is 19.5 Å². The molecule has 14 nitrogen and oxygen atoms in total. The fraction of sp³-hybridized carbons (Fsp3) is 0.625. The fourth-order valence-electron chi connectivity index (χ4n) is 7.78. The number of aliphatic hydroxyl groups excluding tert-OH is 1. The summed E-state index contributed by atoms with van der Waals surface area (Å²) < 4.78 is 9.43. The highest BCUT2D eigenvalue weighted by Crippen LogP contribution is 2.35. The minimum absolute atomic E-state index is 0.00275. The van der Waals surface area contributed by atoms with Gasteiger partial charge in [-0.3, -0.25) is 9.69 Å². The quantitative estimate of drug-likeness (QED) is 0.126. The third kappa shape index (κ3) is 10.4. The van der Waals surface area contributed by atoms with Crippen LogP contribution in [-0.2, 0) is 40.0 Å². The normalized spacial score (nSPS) is 19.2. The number of methoxy groups -OCH3 is 2. The average molecular weight is 749 g/mol. The first-order chi connectivity index (χ1) is 26.0. The van der Waals surface area contributed by atoms with E-state index in [1.54, 1.807) is 0 Å². The second kappa shape index (κ2) is 19.2. The molecule has 0 saturated carbocycles. The molecule has 2 saturated heterocycles. The number of carbonyl (C=O) groups is 3. The molecule has 0 aliphatic carbocycles. The van der Waals surface area contributed by atoms with Crippen LogP contribution < -0.4 is 10.6 Å². The number of H-pyrrole nitrogens is 2. The first kappa shape index (κ1) is 40.7. The number of ether oxygens (including phenoxy) is 2. The zero-order valence-corrected chi connectivity index (χ0v) is 32.8. The van der Waals surface area contributed by atoms with E-state index in [0.29, 0.717) is 13.1 Å². The van der Waals surface area contributed by atoms with Crippen molar-refractivity contribution in [3.8, 4) is 0 Å². The number of aromatic nitrogens is 4. The lowest BCUT2D eigenvalue weighted by atomic mass is 9.92. The third-order valence-electron chi connectivity index (χ3n) is 11.2. The number of rotatable bonds is 17. The standard InChI is InChI=1S/C40H60N8O6/c1-25(2)31(23-43-39(51)53-5)37(49)47-19-7-9-33(47)35-41-21-29(45-35)17-15-27-11-13-28(14-12-27)16-18-30-22-42-36(46-30)34-10-8-20-48(34)38(50)32(26(3)4)24-44-40(52)54-6/h11-14,21-22,25-26,31-34,37,49H,7-10,15-20,23-24H2,1-6H3,(H,41,45)(H,42,46)(H,43,51)(H,44,52)/t31-,32-,33-,34-,37?/m0/s1. The summed E-state index contributed by atoms with van der Waals surface area (Å²) in [4.78, 5) is 57.4. The Labute approximate surface area is 319 Å². The van der Waals surface area contributed by atoms with E-state index in [-0.39, 0.29) is 48.2 Å². The van der Waals surface area contributed by atoms with Gasteiger partial charge >= 0.3 is 12.2 Å². The average Bonchev–Trinajstić information content (AvgIpc) is 4.00. The van der Waals surface area contributed by atoms with E-state index in [0.717, 1.165) is 80.9 Å². The molecule has 296 valence electrons.